The average Bonchev–Trinajstić information content (AvgIpc) is 3.32. The van der Waals surface area contributed by atoms with Crippen LogP contribution in [0.5, 0.6) is 0 Å². The van der Waals surface area contributed by atoms with Crippen molar-refractivity contribution in [3.05, 3.63) is 46.3 Å². The molecule has 2 bridgehead atoms. The molecule has 164 valence electrons. The van der Waals surface area contributed by atoms with Crippen LogP contribution in [-0.4, -0.2) is 46.0 Å². The summed E-state index contributed by atoms with van der Waals surface area (Å²) < 4.78 is 12.8. The molecular formula is C22H19Cl2N5O3. The molecule has 4 aliphatic heterocycles. The second kappa shape index (κ2) is 6.78. The van der Waals surface area contributed by atoms with Gasteiger partial charge in [0.05, 0.1) is 46.3 Å². The fraction of sp³-hybridized carbons (Fsp3) is 0.455. The van der Waals surface area contributed by atoms with E-state index >= 15 is 0 Å². The van der Waals surface area contributed by atoms with Crippen molar-refractivity contribution in [3.8, 4) is 6.07 Å². The van der Waals surface area contributed by atoms with Crippen LogP contribution in [0.1, 0.15) is 25.3 Å². The van der Waals surface area contributed by atoms with Gasteiger partial charge in [0, 0.05) is 18.2 Å². The molecule has 4 saturated heterocycles. The van der Waals surface area contributed by atoms with E-state index in [1.165, 1.54) is 6.33 Å². The Labute approximate surface area is 194 Å². The summed E-state index contributed by atoms with van der Waals surface area (Å²) in [5, 5.41) is 13.4. The molecule has 6 atom stereocenters. The number of benzene rings is 1. The van der Waals surface area contributed by atoms with Crippen molar-refractivity contribution < 1.29 is 14.3 Å². The van der Waals surface area contributed by atoms with Crippen molar-refractivity contribution in [2.45, 2.75) is 43.2 Å². The van der Waals surface area contributed by atoms with E-state index in [4.69, 9.17) is 32.7 Å². The van der Waals surface area contributed by atoms with Gasteiger partial charge in [-0.3, -0.25) is 9.69 Å². The topological polar surface area (TPSA) is 100 Å². The Morgan fingerprint density at radius 1 is 1.31 bits per heavy atom. The van der Waals surface area contributed by atoms with Crippen LogP contribution >= 0.6 is 23.2 Å². The second-order valence-corrected chi connectivity index (χ2v) is 9.79. The van der Waals surface area contributed by atoms with Crippen LogP contribution in [0, 0.1) is 23.2 Å². The molecule has 0 saturated carbocycles. The number of hydrogen-bond acceptors (Lipinski definition) is 7. The fourth-order valence-corrected chi connectivity index (χ4v) is 6.59. The Morgan fingerprint density at radius 2 is 2.16 bits per heavy atom. The molecule has 0 unspecified atom stereocenters. The first-order valence-corrected chi connectivity index (χ1v) is 11.2. The lowest BCUT2D eigenvalue weighted by molar-refractivity contribution is -0.141. The summed E-state index contributed by atoms with van der Waals surface area (Å²) in [6.45, 7) is 2.47. The van der Waals surface area contributed by atoms with Crippen molar-refractivity contribution in [2.24, 2.45) is 11.8 Å². The largest absolute Gasteiger partial charge is 0.365 e. The van der Waals surface area contributed by atoms with E-state index in [-0.39, 0.29) is 23.8 Å². The summed E-state index contributed by atoms with van der Waals surface area (Å²) in [5.74, 6) is 0.125. The maximum Gasteiger partial charge on any atom is 0.235 e. The second-order valence-electron chi connectivity index (χ2n) is 9.00. The minimum absolute atomic E-state index is 0.0319. The number of rotatable bonds is 3. The highest BCUT2D eigenvalue weighted by Gasteiger charge is 2.78. The van der Waals surface area contributed by atoms with E-state index in [1.54, 1.807) is 29.2 Å². The van der Waals surface area contributed by atoms with Crippen LogP contribution in [-0.2, 0) is 14.3 Å². The Hall–Kier alpha value is -2.44. The number of anilines is 2. The minimum Gasteiger partial charge on any atom is -0.365 e. The van der Waals surface area contributed by atoms with E-state index in [0.29, 0.717) is 46.7 Å². The minimum atomic E-state index is -0.632. The molecule has 1 amide bonds. The monoisotopic (exact) mass is 471 g/mol. The summed E-state index contributed by atoms with van der Waals surface area (Å²) in [4.78, 5) is 23.6. The third-order valence-corrected chi connectivity index (χ3v) is 7.88. The number of carbonyl (C=O) groups excluding carboxylic acids is 1. The normalized spacial score (nSPS) is 36.8. The molecular weight excluding hydrogens is 453 g/mol. The molecule has 1 spiro atoms. The van der Waals surface area contributed by atoms with E-state index in [9.17, 15) is 10.1 Å². The lowest BCUT2D eigenvalue weighted by Crippen LogP contribution is -2.59. The number of hydrogen-bond donors (Lipinski definition) is 1. The number of nitrogens with one attached hydrogen (secondary N) is 1. The zero-order valence-corrected chi connectivity index (χ0v) is 18.6. The first-order chi connectivity index (χ1) is 15.4. The summed E-state index contributed by atoms with van der Waals surface area (Å²) in [6, 6.07) is 8.73. The lowest BCUT2D eigenvalue weighted by atomic mass is 9.64. The zero-order valence-electron chi connectivity index (χ0n) is 17.1. The van der Waals surface area contributed by atoms with Gasteiger partial charge >= 0.3 is 0 Å². The van der Waals surface area contributed by atoms with Crippen molar-refractivity contribution in [1.29, 1.82) is 5.26 Å². The van der Waals surface area contributed by atoms with Crippen LogP contribution in [0.4, 0.5) is 11.5 Å². The van der Waals surface area contributed by atoms with Crippen molar-refractivity contribution in [1.82, 2.24) is 9.97 Å². The number of carbonyl (C=O) groups is 1. The smallest absolute Gasteiger partial charge is 0.235 e. The van der Waals surface area contributed by atoms with Gasteiger partial charge in [-0.1, -0.05) is 23.2 Å². The molecule has 10 heteroatoms. The quantitative estimate of drug-likeness (QED) is 0.684. The third kappa shape index (κ3) is 2.59. The Morgan fingerprint density at radius 3 is 2.91 bits per heavy atom. The third-order valence-electron chi connectivity index (χ3n) is 7.36. The Bertz CT molecular complexity index is 1190. The number of ether oxygens (including phenoxy) is 2. The molecule has 0 radical (unpaired) electrons. The molecule has 0 aliphatic carbocycles. The van der Waals surface area contributed by atoms with Crippen LogP contribution in [0.2, 0.25) is 10.2 Å². The van der Waals surface area contributed by atoms with Crippen molar-refractivity contribution in [3.63, 3.8) is 0 Å². The van der Waals surface area contributed by atoms with Crippen molar-refractivity contribution >= 4 is 40.6 Å². The Balaban J connectivity index is 1.39. The van der Waals surface area contributed by atoms with Crippen LogP contribution in [0.25, 0.3) is 0 Å². The van der Waals surface area contributed by atoms with Crippen LogP contribution in [0.3, 0.4) is 0 Å². The summed E-state index contributed by atoms with van der Waals surface area (Å²) in [6.07, 6.45) is 2.29. The van der Waals surface area contributed by atoms with Crippen LogP contribution in [0.15, 0.2) is 30.6 Å². The molecule has 1 aromatic carbocycles. The predicted molar refractivity (Wildman–Crippen MR) is 116 cm³/mol. The van der Waals surface area contributed by atoms with Gasteiger partial charge in [0.2, 0.25) is 5.91 Å². The van der Waals surface area contributed by atoms with Gasteiger partial charge < -0.3 is 14.8 Å². The number of nitriles is 1. The van der Waals surface area contributed by atoms with E-state index in [0.717, 1.165) is 0 Å². The summed E-state index contributed by atoms with van der Waals surface area (Å²) in [7, 11) is 0. The molecule has 4 aliphatic rings. The van der Waals surface area contributed by atoms with Gasteiger partial charge in [0.1, 0.15) is 29.6 Å². The molecule has 1 N–H and O–H groups in total. The Kier molecular flexibility index (Phi) is 4.28. The predicted octanol–water partition coefficient (Wildman–Crippen LogP) is 3.39. The number of nitrogens with zero attached hydrogens (tertiary/aromatic N) is 4. The highest BCUT2D eigenvalue weighted by molar-refractivity contribution is 6.32. The fourth-order valence-electron chi connectivity index (χ4n) is 6.23. The average molecular weight is 472 g/mol. The van der Waals surface area contributed by atoms with E-state index in [2.05, 4.69) is 21.4 Å². The number of aromatic nitrogens is 2. The van der Waals surface area contributed by atoms with Gasteiger partial charge in [-0.25, -0.2) is 9.97 Å². The zero-order chi connectivity index (χ0) is 22.3. The molecule has 32 heavy (non-hydrogen) atoms. The van der Waals surface area contributed by atoms with Crippen LogP contribution < -0.4 is 10.2 Å². The number of fused-ring (bicyclic) bond motifs is 2. The molecule has 2 aromatic rings. The summed E-state index contributed by atoms with van der Waals surface area (Å²) >= 11 is 12.3. The van der Waals surface area contributed by atoms with Gasteiger partial charge in [-0.15, -0.1) is 0 Å². The first-order valence-electron chi connectivity index (χ1n) is 10.4. The van der Waals surface area contributed by atoms with Gasteiger partial charge in [0.25, 0.3) is 0 Å². The van der Waals surface area contributed by atoms with Gasteiger partial charge in [-0.05, 0) is 31.5 Å². The first kappa shape index (κ1) is 20.2. The molecule has 8 nitrogen and oxygen atoms in total. The number of halogens is 2. The standard InChI is InChI=1S/C22H19Cl2N5O3/c1-21-8-14(28-16-7-15(24)26-10-27-16)22(32-21)4-5-31-20-18(22)17(21)19(30)29(20)12-3-2-11(9-25)13(23)6-12/h2-3,6-7,10,14,17-18,20H,4-5,8H2,1H3,(H,26,27,28)/t14-,17+,18-,20-,21+,22-/m0/s1. The van der Waals surface area contributed by atoms with E-state index in [1.807, 2.05) is 6.92 Å². The highest BCUT2D eigenvalue weighted by Crippen LogP contribution is 2.65. The molecule has 5 heterocycles. The maximum absolute atomic E-state index is 13.7. The molecule has 1 aromatic heterocycles. The van der Waals surface area contributed by atoms with E-state index < -0.39 is 17.4 Å². The molecule has 4 fully saturated rings. The van der Waals surface area contributed by atoms with Crippen molar-refractivity contribution in [2.75, 3.05) is 16.8 Å². The van der Waals surface area contributed by atoms with Gasteiger partial charge in [0.15, 0.2) is 0 Å². The van der Waals surface area contributed by atoms with Gasteiger partial charge in [-0.2, -0.15) is 5.26 Å². The lowest BCUT2D eigenvalue weighted by Gasteiger charge is -2.45. The summed E-state index contributed by atoms with van der Waals surface area (Å²) in [5.41, 5.74) is -0.203. The molecule has 6 rings (SSSR count). The number of amides is 1. The highest BCUT2D eigenvalue weighted by atomic mass is 35.5. The SMILES string of the molecule is C[C@@]12C[C@H](Nc3cc(Cl)ncn3)[C@]3(CCO[C@H]4[C@@H]3[C@@H]1C(=O)N4c1ccc(C#N)c(Cl)c1)O2. The maximum atomic E-state index is 13.7.